The van der Waals surface area contributed by atoms with E-state index >= 15 is 0 Å². The van der Waals surface area contributed by atoms with Crippen molar-refractivity contribution < 1.29 is 29.0 Å². The lowest BCUT2D eigenvalue weighted by atomic mass is 9.51. The zero-order valence-corrected chi connectivity index (χ0v) is 20.1. The van der Waals surface area contributed by atoms with Gasteiger partial charge in [-0.2, -0.15) is 0 Å². The number of ketones is 1. The van der Waals surface area contributed by atoms with Crippen molar-refractivity contribution in [1.29, 1.82) is 0 Å². The average Bonchev–Trinajstić information content (AvgIpc) is 2.76. The maximum atomic E-state index is 12.7. The first-order chi connectivity index (χ1) is 15.5. The fourth-order valence-electron chi connectivity index (χ4n) is 5.28. The van der Waals surface area contributed by atoms with Crippen LogP contribution in [-0.4, -0.2) is 34.7 Å². The summed E-state index contributed by atoms with van der Waals surface area (Å²) in [4.78, 5) is 49.2. The first-order valence-corrected chi connectivity index (χ1v) is 11.7. The second-order valence-corrected chi connectivity index (χ2v) is 9.66. The van der Waals surface area contributed by atoms with Gasteiger partial charge in [0.1, 0.15) is 6.29 Å². The molecule has 1 N–H and O–H groups in total. The molecule has 1 fully saturated rings. The standard InChI is InChI=1S/C27H36O6/c1-6-18(2)14-19(3)10-7-8-12-24(30)33-27(25(31)32)13-9-11-21-15-22(29)16-23(20(4)17-28)26(21,27)5/h7-8,10,12,15,17-19,23H,4,6,9,11,13-14,16H2,1-3,5H3,(H,31,32). The van der Waals surface area contributed by atoms with E-state index in [9.17, 15) is 24.3 Å². The summed E-state index contributed by atoms with van der Waals surface area (Å²) in [6, 6.07) is 0. The van der Waals surface area contributed by atoms with Gasteiger partial charge < -0.3 is 9.84 Å². The van der Waals surface area contributed by atoms with E-state index in [1.165, 1.54) is 12.2 Å². The summed E-state index contributed by atoms with van der Waals surface area (Å²) in [6.45, 7) is 11.9. The third-order valence-electron chi connectivity index (χ3n) is 7.39. The lowest BCUT2D eigenvalue weighted by molar-refractivity contribution is -0.198. The number of carbonyl (C=O) groups excluding carboxylic acids is 3. The summed E-state index contributed by atoms with van der Waals surface area (Å²) < 4.78 is 5.69. The van der Waals surface area contributed by atoms with Crippen molar-refractivity contribution in [2.75, 3.05) is 0 Å². The Morgan fingerprint density at radius 2 is 2.03 bits per heavy atom. The van der Waals surface area contributed by atoms with E-state index in [-0.39, 0.29) is 24.2 Å². The molecule has 0 saturated heterocycles. The molecule has 0 aromatic carbocycles. The molecule has 5 atom stereocenters. The quantitative estimate of drug-likeness (QED) is 0.215. The van der Waals surface area contributed by atoms with Crippen LogP contribution in [0.15, 0.2) is 48.1 Å². The Kier molecular flexibility index (Phi) is 8.76. The number of rotatable bonds is 10. The number of allylic oxidation sites excluding steroid dienone is 5. The molecule has 0 bridgehead atoms. The van der Waals surface area contributed by atoms with Gasteiger partial charge in [-0.05, 0) is 49.2 Å². The van der Waals surface area contributed by atoms with Crippen LogP contribution in [-0.2, 0) is 23.9 Å². The molecule has 180 valence electrons. The van der Waals surface area contributed by atoms with Crippen LogP contribution < -0.4 is 0 Å². The Hall–Kier alpha value is -2.76. The van der Waals surface area contributed by atoms with Gasteiger partial charge in [0.15, 0.2) is 5.78 Å². The normalized spacial score (nSPS) is 29.3. The van der Waals surface area contributed by atoms with Crippen LogP contribution in [0.3, 0.4) is 0 Å². The molecule has 6 heteroatoms. The van der Waals surface area contributed by atoms with Gasteiger partial charge in [-0.15, -0.1) is 0 Å². The first kappa shape index (κ1) is 26.5. The molecule has 0 radical (unpaired) electrons. The molecule has 0 heterocycles. The minimum Gasteiger partial charge on any atom is -0.478 e. The first-order valence-electron chi connectivity index (χ1n) is 11.7. The van der Waals surface area contributed by atoms with Gasteiger partial charge in [-0.25, -0.2) is 9.59 Å². The molecule has 0 spiro atoms. The number of carbonyl (C=O) groups is 4. The minimum atomic E-state index is -1.90. The maximum Gasteiger partial charge on any atom is 0.349 e. The average molecular weight is 457 g/mol. The van der Waals surface area contributed by atoms with E-state index < -0.39 is 28.9 Å². The number of hydrogen-bond donors (Lipinski definition) is 1. The van der Waals surface area contributed by atoms with Crippen molar-refractivity contribution in [3.05, 3.63) is 48.1 Å². The molecule has 2 aliphatic carbocycles. The second kappa shape index (κ2) is 10.9. The largest absolute Gasteiger partial charge is 0.478 e. The third-order valence-corrected chi connectivity index (χ3v) is 7.39. The van der Waals surface area contributed by atoms with Crippen LogP contribution in [0.25, 0.3) is 0 Å². The number of aliphatic carboxylic acids is 1. The summed E-state index contributed by atoms with van der Waals surface area (Å²) in [5.41, 5.74) is -2.42. The zero-order chi connectivity index (χ0) is 24.8. The van der Waals surface area contributed by atoms with E-state index in [0.29, 0.717) is 36.5 Å². The summed E-state index contributed by atoms with van der Waals surface area (Å²) in [7, 11) is 0. The number of carboxylic acid groups (broad SMARTS) is 1. The van der Waals surface area contributed by atoms with Crippen LogP contribution in [0.1, 0.15) is 66.2 Å². The van der Waals surface area contributed by atoms with Crippen LogP contribution in [0.4, 0.5) is 0 Å². The molecule has 2 aliphatic rings. The fraction of sp³-hybridized carbons (Fsp3) is 0.556. The lowest BCUT2D eigenvalue weighted by Crippen LogP contribution is -2.62. The smallest absolute Gasteiger partial charge is 0.349 e. The van der Waals surface area contributed by atoms with E-state index in [4.69, 9.17) is 4.74 Å². The van der Waals surface area contributed by atoms with Crippen LogP contribution in [0.5, 0.6) is 0 Å². The van der Waals surface area contributed by atoms with Crippen LogP contribution in [0, 0.1) is 23.2 Å². The minimum absolute atomic E-state index is 0.0448. The monoisotopic (exact) mass is 456 g/mol. The van der Waals surface area contributed by atoms with Gasteiger partial charge in [-0.3, -0.25) is 9.59 Å². The van der Waals surface area contributed by atoms with Gasteiger partial charge in [-0.1, -0.05) is 64.5 Å². The topological polar surface area (TPSA) is 97.7 Å². The summed E-state index contributed by atoms with van der Waals surface area (Å²) in [5.74, 6) is -2.03. The number of hydrogen-bond acceptors (Lipinski definition) is 5. The highest BCUT2D eigenvalue weighted by Gasteiger charge is 2.65. The van der Waals surface area contributed by atoms with Crippen molar-refractivity contribution in [1.82, 2.24) is 0 Å². The SMILES string of the molecule is C=C(C=O)C1CC(=O)C=C2CCCC(OC(=O)C=CC=CC(C)CC(C)CC)(C(=O)O)C21C. The van der Waals surface area contributed by atoms with Gasteiger partial charge in [0.2, 0.25) is 5.60 Å². The predicted octanol–water partition coefficient (Wildman–Crippen LogP) is 5.00. The van der Waals surface area contributed by atoms with E-state index in [2.05, 4.69) is 27.4 Å². The zero-order valence-electron chi connectivity index (χ0n) is 20.1. The van der Waals surface area contributed by atoms with Crippen molar-refractivity contribution in [2.24, 2.45) is 23.2 Å². The highest BCUT2D eigenvalue weighted by Crippen LogP contribution is 2.58. The molecule has 2 rings (SSSR count). The summed E-state index contributed by atoms with van der Waals surface area (Å²) >= 11 is 0. The second-order valence-electron chi connectivity index (χ2n) is 9.66. The molecule has 5 unspecified atom stereocenters. The molecule has 1 saturated carbocycles. The molecule has 6 nitrogen and oxygen atoms in total. The van der Waals surface area contributed by atoms with Crippen LogP contribution >= 0.6 is 0 Å². The number of aldehydes is 1. The Bertz CT molecular complexity index is 894. The number of carboxylic acids is 1. The lowest BCUT2D eigenvalue weighted by Gasteiger charge is -2.54. The Balaban J connectivity index is 2.32. The number of ether oxygens (including phenoxy) is 1. The number of esters is 1. The van der Waals surface area contributed by atoms with Crippen molar-refractivity contribution >= 4 is 24.0 Å². The molecule has 0 aliphatic heterocycles. The molecule has 0 amide bonds. The van der Waals surface area contributed by atoms with E-state index in [1.807, 2.05) is 6.08 Å². The van der Waals surface area contributed by atoms with Gasteiger partial charge in [0.05, 0.1) is 0 Å². The molecular formula is C27H36O6. The van der Waals surface area contributed by atoms with Crippen molar-refractivity contribution in [3.8, 4) is 0 Å². The summed E-state index contributed by atoms with van der Waals surface area (Å²) in [5, 5.41) is 10.3. The Morgan fingerprint density at radius 3 is 2.64 bits per heavy atom. The third kappa shape index (κ3) is 5.43. The van der Waals surface area contributed by atoms with E-state index in [1.54, 1.807) is 19.1 Å². The molecular weight excluding hydrogens is 420 g/mol. The Labute approximate surface area is 196 Å². The Morgan fingerprint density at radius 1 is 1.33 bits per heavy atom. The predicted molar refractivity (Wildman–Crippen MR) is 126 cm³/mol. The maximum absolute atomic E-state index is 12.7. The molecule has 33 heavy (non-hydrogen) atoms. The highest BCUT2D eigenvalue weighted by molar-refractivity contribution is 5.95. The van der Waals surface area contributed by atoms with Crippen molar-refractivity contribution in [3.63, 3.8) is 0 Å². The summed E-state index contributed by atoms with van der Waals surface area (Å²) in [6.07, 6.45) is 11.7. The van der Waals surface area contributed by atoms with Crippen LogP contribution in [0.2, 0.25) is 0 Å². The van der Waals surface area contributed by atoms with Gasteiger partial charge >= 0.3 is 11.9 Å². The molecule has 0 aromatic rings. The van der Waals surface area contributed by atoms with Gasteiger partial charge in [0.25, 0.3) is 0 Å². The highest BCUT2D eigenvalue weighted by atomic mass is 16.6. The van der Waals surface area contributed by atoms with Crippen molar-refractivity contribution in [2.45, 2.75) is 71.8 Å². The van der Waals surface area contributed by atoms with E-state index in [0.717, 1.165) is 12.8 Å². The number of fused-ring (bicyclic) bond motifs is 1. The van der Waals surface area contributed by atoms with Gasteiger partial charge in [0, 0.05) is 23.8 Å². The molecule has 0 aromatic heterocycles. The fourth-order valence-corrected chi connectivity index (χ4v) is 5.28.